The summed E-state index contributed by atoms with van der Waals surface area (Å²) in [6.45, 7) is 2.73. The number of carbonyl (C=O) groups is 1. The first-order valence-electron chi connectivity index (χ1n) is 9.51. The van der Waals surface area contributed by atoms with Gasteiger partial charge in [0.15, 0.2) is 0 Å². The van der Waals surface area contributed by atoms with Crippen molar-refractivity contribution in [2.45, 2.75) is 30.9 Å². The Hall–Kier alpha value is -2.31. The van der Waals surface area contributed by atoms with Gasteiger partial charge in [0.25, 0.3) is 5.91 Å². The van der Waals surface area contributed by atoms with E-state index in [-0.39, 0.29) is 17.6 Å². The molecule has 27 heavy (non-hydrogen) atoms. The zero-order valence-electron chi connectivity index (χ0n) is 15.2. The Morgan fingerprint density at radius 3 is 2.52 bits per heavy atom. The summed E-state index contributed by atoms with van der Waals surface area (Å²) >= 11 is 0. The van der Waals surface area contributed by atoms with Crippen LogP contribution < -0.4 is 0 Å². The molecular formula is C21H24FN3O2. The van der Waals surface area contributed by atoms with E-state index in [2.05, 4.69) is 9.88 Å². The lowest BCUT2D eigenvalue weighted by Crippen LogP contribution is -2.61. The van der Waals surface area contributed by atoms with E-state index in [1.54, 1.807) is 4.90 Å². The number of benzene rings is 1. The third-order valence-corrected chi connectivity index (χ3v) is 5.80. The number of hydrogen-bond acceptors (Lipinski definition) is 4. The second kappa shape index (κ2) is 7.37. The molecule has 0 unspecified atom stereocenters. The Kier molecular flexibility index (Phi) is 4.93. The van der Waals surface area contributed by atoms with Crippen molar-refractivity contribution in [3.63, 3.8) is 0 Å². The standard InChI is InChI=1S/C21H24FN3O2/c22-17-8-9-18(23-14-17)20(26)25-13-10-21(27,16-6-2-1-3-7-16)19(15-25)24-11-4-5-12-24/h1-3,6-9,14,19,27H,4-5,10-13,15H2/t19-,21+/m1/s1. The van der Waals surface area contributed by atoms with Crippen LogP contribution in [0, 0.1) is 5.82 Å². The zero-order valence-corrected chi connectivity index (χ0v) is 15.2. The summed E-state index contributed by atoms with van der Waals surface area (Å²) in [6.07, 6.45) is 3.74. The van der Waals surface area contributed by atoms with Gasteiger partial charge in [0.1, 0.15) is 17.1 Å². The highest BCUT2D eigenvalue weighted by Gasteiger charge is 2.47. The van der Waals surface area contributed by atoms with Gasteiger partial charge < -0.3 is 10.0 Å². The fourth-order valence-electron chi connectivity index (χ4n) is 4.31. The molecule has 2 saturated heterocycles. The van der Waals surface area contributed by atoms with Crippen molar-refractivity contribution in [3.05, 3.63) is 65.7 Å². The summed E-state index contributed by atoms with van der Waals surface area (Å²) in [4.78, 5) is 20.8. The fourth-order valence-corrected chi connectivity index (χ4v) is 4.31. The topological polar surface area (TPSA) is 56.7 Å². The highest BCUT2D eigenvalue weighted by atomic mass is 19.1. The van der Waals surface area contributed by atoms with Crippen LogP contribution in [-0.2, 0) is 5.60 Å². The average Bonchev–Trinajstić information content (AvgIpc) is 3.23. The van der Waals surface area contributed by atoms with E-state index in [1.807, 2.05) is 30.3 Å². The van der Waals surface area contributed by atoms with Gasteiger partial charge in [0, 0.05) is 13.1 Å². The Morgan fingerprint density at radius 1 is 1.11 bits per heavy atom. The highest BCUT2D eigenvalue weighted by molar-refractivity contribution is 5.92. The molecule has 3 heterocycles. The Labute approximate surface area is 158 Å². The van der Waals surface area contributed by atoms with E-state index in [1.165, 1.54) is 12.1 Å². The minimum Gasteiger partial charge on any atom is -0.383 e. The monoisotopic (exact) mass is 369 g/mol. The molecule has 0 radical (unpaired) electrons. The van der Waals surface area contributed by atoms with Gasteiger partial charge in [0.05, 0.1) is 12.2 Å². The van der Waals surface area contributed by atoms with Gasteiger partial charge in [-0.05, 0) is 50.0 Å². The summed E-state index contributed by atoms with van der Waals surface area (Å²) in [5.74, 6) is -0.673. The number of pyridine rings is 1. The molecule has 142 valence electrons. The van der Waals surface area contributed by atoms with Crippen LogP contribution in [0.15, 0.2) is 48.7 Å². The number of rotatable bonds is 3. The third-order valence-electron chi connectivity index (χ3n) is 5.80. The summed E-state index contributed by atoms with van der Waals surface area (Å²) in [5, 5.41) is 11.6. The summed E-state index contributed by atoms with van der Waals surface area (Å²) in [5.41, 5.74) is 0.147. The smallest absolute Gasteiger partial charge is 0.272 e. The van der Waals surface area contributed by atoms with Gasteiger partial charge in [-0.2, -0.15) is 0 Å². The quantitative estimate of drug-likeness (QED) is 0.903. The van der Waals surface area contributed by atoms with Crippen molar-refractivity contribution < 1.29 is 14.3 Å². The Morgan fingerprint density at radius 2 is 1.85 bits per heavy atom. The first-order valence-corrected chi connectivity index (χ1v) is 9.51. The Balaban J connectivity index is 1.61. The van der Waals surface area contributed by atoms with E-state index in [0.29, 0.717) is 19.5 Å². The van der Waals surface area contributed by atoms with Gasteiger partial charge in [-0.15, -0.1) is 0 Å². The molecule has 0 spiro atoms. The van der Waals surface area contributed by atoms with E-state index in [9.17, 15) is 14.3 Å². The summed E-state index contributed by atoms with van der Waals surface area (Å²) < 4.78 is 13.1. The molecular weight excluding hydrogens is 345 g/mol. The van der Waals surface area contributed by atoms with Crippen molar-refractivity contribution in [2.75, 3.05) is 26.2 Å². The number of aromatic nitrogens is 1. The van der Waals surface area contributed by atoms with Gasteiger partial charge in [-0.3, -0.25) is 9.69 Å². The normalized spacial score (nSPS) is 26.3. The zero-order chi connectivity index (χ0) is 18.9. The first kappa shape index (κ1) is 18.1. The first-order chi connectivity index (χ1) is 13.1. The molecule has 0 aliphatic carbocycles. The maximum atomic E-state index is 13.1. The SMILES string of the molecule is O=C(c1ccc(F)cn1)N1CC[C@](O)(c2ccccc2)[C@H](N2CCCC2)C1. The van der Waals surface area contributed by atoms with Crippen LogP contribution in [0.2, 0.25) is 0 Å². The molecule has 2 aliphatic rings. The van der Waals surface area contributed by atoms with Crippen molar-refractivity contribution >= 4 is 5.91 Å². The number of carbonyl (C=O) groups excluding carboxylic acids is 1. The molecule has 5 nitrogen and oxygen atoms in total. The maximum absolute atomic E-state index is 13.1. The molecule has 1 N–H and O–H groups in total. The minimum atomic E-state index is -0.987. The van der Waals surface area contributed by atoms with Crippen LogP contribution in [0.3, 0.4) is 0 Å². The molecule has 1 aromatic carbocycles. The lowest BCUT2D eigenvalue weighted by molar-refractivity contribution is -0.0878. The van der Waals surface area contributed by atoms with Crippen LogP contribution in [-0.4, -0.2) is 58.0 Å². The molecule has 2 aromatic rings. The number of amides is 1. The fraction of sp³-hybridized carbons (Fsp3) is 0.429. The molecule has 0 saturated carbocycles. The van der Waals surface area contributed by atoms with Crippen LogP contribution in [0.4, 0.5) is 4.39 Å². The second-order valence-electron chi connectivity index (χ2n) is 7.41. The molecule has 4 rings (SSSR count). The molecule has 0 bridgehead atoms. The van der Waals surface area contributed by atoms with Gasteiger partial charge in [-0.1, -0.05) is 30.3 Å². The van der Waals surface area contributed by atoms with Gasteiger partial charge >= 0.3 is 0 Å². The predicted molar refractivity (Wildman–Crippen MR) is 99.6 cm³/mol. The maximum Gasteiger partial charge on any atom is 0.272 e. The lowest BCUT2D eigenvalue weighted by Gasteiger charge is -2.48. The van der Waals surface area contributed by atoms with Gasteiger partial charge in [0.2, 0.25) is 0 Å². The van der Waals surface area contributed by atoms with E-state index in [4.69, 9.17) is 0 Å². The highest BCUT2D eigenvalue weighted by Crippen LogP contribution is 2.37. The second-order valence-corrected chi connectivity index (χ2v) is 7.41. The van der Waals surface area contributed by atoms with E-state index < -0.39 is 11.4 Å². The number of halogens is 1. The molecule has 1 aromatic heterocycles. The largest absolute Gasteiger partial charge is 0.383 e. The number of nitrogens with zero attached hydrogens (tertiary/aromatic N) is 3. The summed E-state index contributed by atoms with van der Waals surface area (Å²) in [7, 11) is 0. The number of aliphatic hydroxyl groups is 1. The third kappa shape index (κ3) is 3.47. The van der Waals surface area contributed by atoms with E-state index >= 15 is 0 Å². The number of hydrogen-bond donors (Lipinski definition) is 1. The molecule has 2 atom stereocenters. The number of likely N-dealkylation sites (tertiary alicyclic amines) is 2. The molecule has 2 fully saturated rings. The van der Waals surface area contributed by atoms with Crippen molar-refractivity contribution in [3.8, 4) is 0 Å². The van der Waals surface area contributed by atoms with Crippen LogP contribution in [0.5, 0.6) is 0 Å². The van der Waals surface area contributed by atoms with Crippen LogP contribution in [0.1, 0.15) is 35.3 Å². The Bertz CT molecular complexity index is 793. The predicted octanol–water partition coefficient (Wildman–Crippen LogP) is 2.42. The van der Waals surface area contributed by atoms with E-state index in [0.717, 1.165) is 37.7 Å². The number of piperidine rings is 1. The van der Waals surface area contributed by atoms with Crippen molar-refractivity contribution in [1.82, 2.24) is 14.8 Å². The van der Waals surface area contributed by atoms with Crippen molar-refractivity contribution in [1.29, 1.82) is 0 Å². The van der Waals surface area contributed by atoms with Crippen LogP contribution >= 0.6 is 0 Å². The molecule has 1 amide bonds. The molecule has 2 aliphatic heterocycles. The van der Waals surface area contributed by atoms with Crippen molar-refractivity contribution in [2.24, 2.45) is 0 Å². The summed E-state index contributed by atoms with van der Waals surface area (Å²) in [6, 6.07) is 12.2. The van der Waals surface area contributed by atoms with Gasteiger partial charge in [-0.25, -0.2) is 9.37 Å². The van der Waals surface area contributed by atoms with Crippen LogP contribution in [0.25, 0.3) is 0 Å². The average molecular weight is 369 g/mol. The lowest BCUT2D eigenvalue weighted by atomic mass is 9.79. The minimum absolute atomic E-state index is 0.166. The molecule has 6 heteroatoms.